The highest BCUT2D eigenvalue weighted by Crippen LogP contribution is 2.06. The molecule has 18 heavy (non-hydrogen) atoms. The van der Waals surface area contributed by atoms with Crippen molar-refractivity contribution < 1.29 is 27.0 Å². The van der Waals surface area contributed by atoms with E-state index in [0.29, 0.717) is 29.6 Å². The van der Waals surface area contributed by atoms with Crippen molar-refractivity contribution in [2.45, 2.75) is 20.3 Å². The Morgan fingerprint density at radius 1 is 1.44 bits per heavy atom. The molecule has 0 aromatic carbocycles. The number of nitrogens with zero attached hydrogens (tertiary/aromatic N) is 1. The summed E-state index contributed by atoms with van der Waals surface area (Å²) >= 11 is 0. The lowest BCUT2D eigenvalue weighted by Crippen LogP contribution is -2.47. The van der Waals surface area contributed by atoms with Crippen LogP contribution in [0.2, 0.25) is 0 Å². The third-order valence-corrected chi connectivity index (χ3v) is 3.52. The number of quaternary nitrogens is 1. The fourth-order valence-corrected chi connectivity index (χ4v) is 1.77. The van der Waals surface area contributed by atoms with Gasteiger partial charge in [-0.05, 0) is 13.8 Å². The first-order chi connectivity index (χ1) is 8.09. The van der Waals surface area contributed by atoms with E-state index in [1.165, 1.54) is 0 Å². The zero-order chi connectivity index (χ0) is 14.4. The van der Waals surface area contributed by atoms with Gasteiger partial charge in [-0.1, -0.05) is 6.58 Å². The van der Waals surface area contributed by atoms with Gasteiger partial charge in [0.2, 0.25) is 6.73 Å². The number of hydrogen-bond donors (Lipinski definition) is 1. The molecule has 0 aliphatic heterocycles. The first-order valence-electron chi connectivity index (χ1n) is 5.71. The summed E-state index contributed by atoms with van der Waals surface area (Å²) in [5, 5.41) is 0. The second kappa shape index (κ2) is 6.86. The minimum Gasteiger partial charge on any atom is -0.412 e. The predicted octanol–water partition coefficient (Wildman–Crippen LogP) is 0.808. The number of hydrogen-bond acceptors (Lipinski definition) is 4. The molecule has 0 saturated heterocycles. The third kappa shape index (κ3) is 7.41. The molecule has 0 aliphatic carbocycles. The van der Waals surface area contributed by atoms with Crippen molar-refractivity contribution >= 4 is 16.1 Å². The fraction of sp³-hybridized carbons (Fsp3) is 0.727. The van der Waals surface area contributed by atoms with Crippen molar-refractivity contribution in [3.05, 3.63) is 12.2 Å². The van der Waals surface area contributed by atoms with Gasteiger partial charge in [0.25, 0.3) is 10.1 Å². The highest BCUT2D eigenvalue weighted by atomic mass is 32.2. The number of carbonyl (C=O) groups excluding carboxylic acids is 1. The lowest BCUT2D eigenvalue weighted by Gasteiger charge is -2.32. The average molecular weight is 280 g/mol. The zero-order valence-corrected chi connectivity index (χ0v) is 12.0. The van der Waals surface area contributed by atoms with E-state index in [1.54, 1.807) is 6.92 Å². The second-order valence-electron chi connectivity index (χ2n) is 4.64. The van der Waals surface area contributed by atoms with Crippen molar-refractivity contribution in [1.82, 2.24) is 0 Å². The lowest BCUT2D eigenvalue weighted by atomic mass is 10.3. The van der Waals surface area contributed by atoms with Crippen LogP contribution in [0.1, 0.15) is 20.3 Å². The Labute approximate surface area is 109 Å². The molecule has 0 aromatic rings. The highest BCUT2D eigenvalue weighted by Gasteiger charge is 2.22. The molecule has 1 atom stereocenters. The minimum absolute atomic E-state index is 0.160. The van der Waals surface area contributed by atoms with E-state index in [2.05, 4.69) is 6.58 Å². The molecule has 7 heteroatoms. The molecule has 0 saturated carbocycles. The van der Waals surface area contributed by atoms with Crippen LogP contribution in [-0.2, 0) is 19.6 Å². The molecule has 106 valence electrons. The van der Waals surface area contributed by atoms with Crippen molar-refractivity contribution in [1.29, 1.82) is 0 Å². The number of esters is 1. The molecule has 0 fully saturated rings. The van der Waals surface area contributed by atoms with Crippen LogP contribution in [0, 0.1) is 0 Å². The second-order valence-corrected chi connectivity index (χ2v) is 6.21. The Bertz CT molecular complexity index is 404. The Hall–Kier alpha value is -0.920. The molecular weight excluding hydrogens is 258 g/mol. The Morgan fingerprint density at radius 3 is 2.39 bits per heavy atom. The number of carbonyl (C=O) groups is 1. The summed E-state index contributed by atoms with van der Waals surface area (Å²) in [5.41, 5.74) is 0.329. The van der Waals surface area contributed by atoms with Gasteiger partial charge in [-0.15, -0.1) is 0 Å². The zero-order valence-electron chi connectivity index (χ0n) is 11.2. The quantitative estimate of drug-likeness (QED) is 0.234. The normalized spacial score (nSPS) is 14.9. The molecule has 0 heterocycles. The van der Waals surface area contributed by atoms with Gasteiger partial charge in [0, 0.05) is 12.0 Å². The first-order valence-corrected chi connectivity index (χ1v) is 7.32. The average Bonchev–Trinajstić information content (AvgIpc) is 2.24. The Morgan fingerprint density at radius 2 is 2.00 bits per heavy atom. The summed E-state index contributed by atoms with van der Waals surface area (Å²) in [4.78, 5) is 11.3. The third-order valence-electron chi connectivity index (χ3n) is 2.72. The lowest BCUT2D eigenvalue weighted by molar-refractivity contribution is -0.924. The van der Waals surface area contributed by atoms with Crippen LogP contribution in [0.3, 0.4) is 0 Å². The largest absolute Gasteiger partial charge is 0.412 e. The van der Waals surface area contributed by atoms with Gasteiger partial charge < -0.3 is 4.74 Å². The van der Waals surface area contributed by atoms with Gasteiger partial charge in [-0.2, -0.15) is 8.42 Å². The van der Waals surface area contributed by atoms with Gasteiger partial charge in [-0.25, -0.2) is 4.79 Å². The summed E-state index contributed by atoms with van der Waals surface area (Å²) in [7, 11) is -2.07. The van der Waals surface area contributed by atoms with E-state index in [4.69, 9.17) is 9.29 Å². The molecule has 0 spiro atoms. The van der Waals surface area contributed by atoms with E-state index >= 15 is 0 Å². The summed E-state index contributed by atoms with van der Waals surface area (Å²) in [6, 6.07) is 0. The highest BCUT2D eigenvalue weighted by molar-refractivity contribution is 7.85. The Balaban J connectivity index is 4.26. The van der Waals surface area contributed by atoms with Crippen LogP contribution in [0.5, 0.6) is 0 Å². The summed E-state index contributed by atoms with van der Waals surface area (Å²) in [6.45, 7) is 8.32. The minimum atomic E-state index is -3.93. The smallest absolute Gasteiger partial charge is 0.337 e. The molecule has 6 nitrogen and oxygen atoms in total. The van der Waals surface area contributed by atoms with Crippen LogP contribution in [-0.4, -0.2) is 56.0 Å². The molecule has 0 amide bonds. The number of ether oxygens (including phenoxy) is 1. The van der Waals surface area contributed by atoms with Gasteiger partial charge in [0.1, 0.15) is 0 Å². The van der Waals surface area contributed by atoms with Gasteiger partial charge in [0.15, 0.2) is 0 Å². The van der Waals surface area contributed by atoms with Crippen molar-refractivity contribution in [3.8, 4) is 0 Å². The SMILES string of the molecule is C=C(C)C(=O)OC[N+](C)(CC)CCCS(=O)(=O)O. The monoisotopic (exact) mass is 280 g/mol. The molecule has 0 radical (unpaired) electrons. The molecular formula is C11H22NO5S+. The number of rotatable bonds is 8. The maximum Gasteiger partial charge on any atom is 0.337 e. The van der Waals surface area contributed by atoms with E-state index in [-0.39, 0.29) is 12.5 Å². The molecule has 0 aliphatic rings. The van der Waals surface area contributed by atoms with E-state index in [0.717, 1.165) is 0 Å². The van der Waals surface area contributed by atoms with Crippen molar-refractivity contribution in [2.75, 3.05) is 32.6 Å². The van der Waals surface area contributed by atoms with Crippen molar-refractivity contribution in [2.24, 2.45) is 0 Å². The standard InChI is InChI=1S/C11H21NO5S/c1-5-12(4,7-6-8-18(14,15)16)9-17-11(13)10(2)3/h2,5-9H2,1,3-4H3/p+1. The molecule has 1 unspecified atom stereocenters. The predicted molar refractivity (Wildman–Crippen MR) is 68.4 cm³/mol. The van der Waals surface area contributed by atoms with Crippen LogP contribution in [0.15, 0.2) is 12.2 Å². The maximum atomic E-state index is 11.3. The summed E-state index contributed by atoms with van der Waals surface area (Å²) in [6.07, 6.45) is 0.313. The molecule has 0 bridgehead atoms. The Kier molecular flexibility index (Phi) is 6.51. The van der Waals surface area contributed by atoms with Gasteiger partial charge >= 0.3 is 5.97 Å². The molecule has 0 rings (SSSR count). The fourth-order valence-electron chi connectivity index (χ4n) is 1.28. The van der Waals surface area contributed by atoms with E-state index in [9.17, 15) is 13.2 Å². The summed E-state index contributed by atoms with van der Waals surface area (Å²) < 4.78 is 35.3. The summed E-state index contributed by atoms with van der Waals surface area (Å²) in [5.74, 6) is -0.738. The first kappa shape index (κ1) is 17.1. The van der Waals surface area contributed by atoms with Crippen LogP contribution >= 0.6 is 0 Å². The maximum absolute atomic E-state index is 11.3. The molecule has 0 aromatic heterocycles. The van der Waals surface area contributed by atoms with Crippen LogP contribution in [0.4, 0.5) is 0 Å². The van der Waals surface area contributed by atoms with Gasteiger partial charge in [0.05, 0.1) is 25.9 Å². The molecule has 1 N–H and O–H groups in total. The van der Waals surface area contributed by atoms with E-state index in [1.807, 2.05) is 14.0 Å². The van der Waals surface area contributed by atoms with Crippen molar-refractivity contribution in [3.63, 3.8) is 0 Å². The van der Waals surface area contributed by atoms with Gasteiger partial charge in [-0.3, -0.25) is 9.04 Å². The van der Waals surface area contributed by atoms with Crippen LogP contribution < -0.4 is 0 Å². The van der Waals surface area contributed by atoms with E-state index < -0.39 is 16.1 Å². The van der Waals surface area contributed by atoms with Crippen LogP contribution in [0.25, 0.3) is 0 Å². The topological polar surface area (TPSA) is 80.7 Å².